The molecule has 0 radical (unpaired) electrons. The number of hydrogen-bond acceptors (Lipinski definition) is 7. The van der Waals surface area contributed by atoms with Gasteiger partial charge in [0.15, 0.2) is 23.0 Å². The molecular weight excluding hydrogens is 499 g/mol. The molecule has 0 spiro atoms. The molecule has 3 aromatic rings. The topological polar surface area (TPSA) is 104 Å². The molecule has 37 heavy (non-hydrogen) atoms. The highest BCUT2D eigenvalue weighted by molar-refractivity contribution is 6.31. The summed E-state index contributed by atoms with van der Waals surface area (Å²) >= 11 is 6.02. The van der Waals surface area contributed by atoms with Crippen LogP contribution in [0.5, 0.6) is 17.2 Å². The van der Waals surface area contributed by atoms with Crippen molar-refractivity contribution in [3.8, 4) is 28.5 Å². The number of ketones is 1. The van der Waals surface area contributed by atoms with Gasteiger partial charge in [0.2, 0.25) is 0 Å². The van der Waals surface area contributed by atoms with Crippen LogP contribution in [-0.2, 0) is 11.1 Å². The molecule has 2 unspecified atom stereocenters. The van der Waals surface area contributed by atoms with Crippen molar-refractivity contribution in [2.24, 2.45) is 5.73 Å². The lowest BCUT2D eigenvalue weighted by molar-refractivity contribution is 0.0396. The number of aliphatic hydroxyl groups is 1. The monoisotopic (exact) mass is 528 g/mol. The number of fused-ring (bicyclic) bond motifs is 1. The van der Waals surface area contributed by atoms with E-state index in [1.807, 2.05) is 13.8 Å². The first-order valence-corrected chi connectivity index (χ1v) is 12.3. The summed E-state index contributed by atoms with van der Waals surface area (Å²) < 4.78 is 30.5. The molecular formula is C28H30ClFN2O5. The van der Waals surface area contributed by atoms with Crippen molar-refractivity contribution >= 4 is 17.4 Å². The van der Waals surface area contributed by atoms with Crippen LogP contribution in [0.1, 0.15) is 55.2 Å². The zero-order valence-electron chi connectivity index (χ0n) is 21.2. The highest BCUT2D eigenvalue weighted by Crippen LogP contribution is 2.44. The lowest BCUT2D eigenvalue weighted by atomic mass is 9.88. The Morgan fingerprint density at radius 2 is 2.03 bits per heavy atom. The van der Waals surface area contributed by atoms with Crippen LogP contribution in [0.25, 0.3) is 11.3 Å². The summed E-state index contributed by atoms with van der Waals surface area (Å²) in [5, 5.41) is 11.4. The zero-order chi connectivity index (χ0) is 27.0. The molecule has 0 saturated carbocycles. The highest BCUT2D eigenvalue weighted by Gasteiger charge is 2.38. The fraction of sp³-hybridized carbons (Fsp3) is 0.357. The third-order valence-electron chi connectivity index (χ3n) is 6.47. The van der Waals surface area contributed by atoms with Crippen LogP contribution in [-0.4, -0.2) is 36.2 Å². The van der Waals surface area contributed by atoms with E-state index in [-0.39, 0.29) is 30.3 Å². The van der Waals surface area contributed by atoms with Gasteiger partial charge in [-0.05, 0) is 69.7 Å². The second-order valence-electron chi connectivity index (χ2n) is 9.56. The number of carbonyl (C=O) groups excluding carboxylic acids is 1. The lowest BCUT2D eigenvalue weighted by Crippen LogP contribution is -2.35. The molecule has 0 aliphatic carbocycles. The van der Waals surface area contributed by atoms with E-state index < -0.39 is 17.0 Å². The molecule has 2 atom stereocenters. The number of hydrogen-bond donors (Lipinski definition) is 2. The van der Waals surface area contributed by atoms with Crippen molar-refractivity contribution in [2.75, 3.05) is 20.3 Å². The zero-order valence-corrected chi connectivity index (χ0v) is 22.0. The van der Waals surface area contributed by atoms with Gasteiger partial charge in [-0.1, -0.05) is 11.6 Å². The van der Waals surface area contributed by atoms with Crippen LogP contribution >= 0.6 is 11.6 Å². The van der Waals surface area contributed by atoms with Crippen molar-refractivity contribution in [1.82, 2.24) is 4.98 Å². The molecule has 1 aliphatic heterocycles. The van der Waals surface area contributed by atoms with E-state index in [1.54, 1.807) is 37.3 Å². The van der Waals surface area contributed by atoms with Gasteiger partial charge >= 0.3 is 0 Å². The highest BCUT2D eigenvalue weighted by atomic mass is 35.5. The van der Waals surface area contributed by atoms with Crippen LogP contribution in [0.15, 0.2) is 42.5 Å². The first-order valence-electron chi connectivity index (χ1n) is 12.0. The molecule has 2 heterocycles. The van der Waals surface area contributed by atoms with E-state index in [2.05, 4.69) is 4.98 Å². The van der Waals surface area contributed by atoms with Gasteiger partial charge < -0.3 is 25.1 Å². The second kappa shape index (κ2) is 10.3. The van der Waals surface area contributed by atoms with Crippen LogP contribution in [0, 0.1) is 5.82 Å². The summed E-state index contributed by atoms with van der Waals surface area (Å²) in [6.07, 6.45) is 0.149. The van der Waals surface area contributed by atoms with Gasteiger partial charge in [-0.25, -0.2) is 9.37 Å². The van der Waals surface area contributed by atoms with Crippen LogP contribution in [0.4, 0.5) is 4.39 Å². The van der Waals surface area contributed by atoms with Gasteiger partial charge in [0, 0.05) is 23.1 Å². The quantitative estimate of drug-likeness (QED) is 0.359. The number of pyridine rings is 1. The van der Waals surface area contributed by atoms with E-state index in [9.17, 15) is 14.3 Å². The molecule has 3 N–H and O–H groups in total. The molecule has 7 nitrogen and oxygen atoms in total. The number of benzene rings is 2. The van der Waals surface area contributed by atoms with Gasteiger partial charge in [0.1, 0.15) is 23.7 Å². The van der Waals surface area contributed by atoms with Gasteiger partial charge in [-0.3, -0.25) is 4.79 Å². The second-order valence-corrected chi connectivity index (χ2v) is 9.97. The molecule has 4 rings (SSSR count). The van der Waals surface area contributed by atoms with Crippen LogP contribution in [0.3, 0.4) is 0 Å². The number of nitrogens with zero attached hydrogens (tertiary/aromatic N) is 1. The van der Waals surface area contributed by atoms with Gasteiger partial charge in [-0.15, -0.1) is 0 Å². The maximum absolute atomic E-state index is 13.8. The number of aromatic nitrogens is 1. The minimum Gasteiger partial charge on any atom is -0.493 e. The summed E-state index contributed by atoms with van der Waals surface area (Å²) in [7, 11) is 1.51. The normalized spacial score (nSPS) is 18.1. The average molecular weight is 529 g/mol. The Morgan fingerprint density at radius 3 is 2.70 bits per heavy atom. The van der Waals surface area contributed by atoms with Crippen molar-refractivity contribution < 1.29 is 28.5 Å². The minimum atomic E-state index is -1.47. The number of rotatable bonds is 9. The molecule has 0 amide bonds. The van der Waals surface area contributed by atoms with E-state index >= 15 is 0 Å². The maximum atomic E-state index is 13.8. The number of nitrogens with two attached hydrogens (primary N) is 1. The van der Waals surface area contributed by atoms with E-state index in [4.69, 9.17) is 31.5 Å². The fourth-order valence-corrected chi connectivity index (χ4v) is 4.44. The Morgan fingerprint density at radius 1 is 1.27 bits per heavy atom. The number of ether oxygens (including phenoxy) is 3. The number of carbonyl (C=O) groups is 1. The summed E-state index contributed by atoms with van der Waals surface area (Å²) in [5.74, 6) is 0.755. The van der Waals surface area contributed by atoms with Crippen molar-refractivity contribution in [2.45, 2.75) is 44.8 Å². The van der Waals surface area contributed by atoms with Gasteiger partial charge in [0.05, 0.1) is 30.0 Å². The Kier molecular flexibility index (Phi) is 7.46. The number of methoxy groups -OCH3 is 1. The first-order chi connectivity index (χ1) is 17.5. The number of halogens is 2. The van der Waals surface area contributed by atoms with Crippen molar-refractivity contribution in [3.05, 3.63) is 70.1 Å². The number of Topliss-reactive ketones (excluding diaryl/α,β-unsaturated/α-hetero) is 1. The molecule has 9 heteroatoms. The van der Waals surface area contributed by atoms with Crippen LogP contribution < -0.4 is 19.9 Å². The van der Waals surface area contributed by atoms with E-state index in [1.165, 1.54) is 19.2 Å². The molecule has 1 aliphatic rings. The minimum absolute atomic E-state index is 0.0526. The Balaban J connectivity index is 1.64. The Labute approximate surface area is 220 Å². The summed E-state index contributed by atoms with van der Waals surface area (Å²) in [4.78, 5) is 17.7. The Bertz CT molecular complexity index is 1340. The van der Waals surface area contributed by atoms with Gasteiger partial charge in [-0.2, -0.15) is 0 Å². The lowest BCUT2D eigenvalue weighted by Gasteiger charge is -2.25. The van der Waals surface area contributed by atoms with E-state index in [0.717, 1.165) is 0 Å². The largest absolute Gasteiger partial charge is 0.493 e. The molecule has 0 bridgehead atoms. The van der Waals surface area contributed by atoms with Gasteiger partial charge in [0.25, 0.3) is 0 Å². The predicted molar refractivity (Wildman–Crippen MR) is 139 cm³/mol. The average Bonchev–Trinajstić information content (AvgIpc) is 3.18. The standard InChI is InChI=1S/C28H30ClFN2O5/c1-5-36-22-9-7-16(13-23(22)35-4)21(33)10-11-28(3,34)24-14-18-26(37-15-27(18,2)31)25(32-24)17-6-8-20(30)19(29)12-17/h6-9,12-14,34H,5,10-11,15,31H2,1-4H3. The van der Waals surface area contributed by atoms with Crippen molar-refractivity contribution in [3.63, 3.8) is 0 Å². The molecule has 0 fully saturated rings. The van der Waals surface area contributed by atoms with Crippen LogP contribution in [0.2, 0.25) is 5.02 Å². The summed E-state index contributed by atoms with van der Waals surface area (Å²) in [5.41, 5.74) is 6.52. The predicted octanol–water partition coefficient (Wildman–Crippen LogP) is 5.39. The maximum Gasteiger partial charge on any atom is 0.163 e. The third kappa shape index (κ3) is 5.42. The third-order valence-corrected chi connectivity index (χ3v) is 6.76. The van der Waals surface area contributed by atoms with E-state index in [0.29, 0.717) is 51.9 Å². The smallest absolute Gasteiger partial charge is 0.163 e. The molecule has 1 aromatic heterocycles. The molecule has 196 valence electrons. The summed E-state index contributed by atoms with van der Waals surface area (Å²) in [6.45, 7) is 5.97. The molecule has 0 saturated heterocycles. The fourth-order valence-electron chi connectivity index (χ4n) is 4.26. The van der Waals surface area contributed by atoms with Crippen molar-refractivity contribution in [1.29, 1.82) is 0 Å². The SMILES string of the molecule is CCOc1ccc(C(=O)CCC(C)(O)c2cc3c(c(-c4ccc(F)c(Cl)c4)n2)OCC3(C)N)cc1OC. The molecule has 2 aromatic carbocycles. The summed E-state index contributed by atoms with van der Waals surface area (Å²) in [6, 6.07) is 10.9. The first kappa shape index (κ1) is 26.9. The Hall–Kier alpha value is -3.20.